The Balaban J connectivity index is 2.53. The molecule has 0 aliphatic heterocycles. The van der Waals surface area contributed by atoms with Crippen molar-refractivity contribution >= 4 is 11.5 Å². The van der Waals surface area contributed by atoms with Gasteiger partial charge < -0.3 is 5.73 Å². The minimum Gasteiger partial charge on any atom is -0.381 e. The van der Waals surface area contributed by atoms with Crippen molar-refractivity contribution in [2.75, 3.05) is 5.73 Å². The van der Waals surface area contributed by atoms with Gasteiger partial charge in [-0.05, 0) is 18.6 Å². The topological polar surface area (TPSA) is 99.9 Å². The van der Waals surface area contributed by atoms with Crippen LogP contribution in [-0.4, -0.2) is 19.9 Å². The molecule has 7 nitrogen and oxygen atoms in total. The number of halogens is 1. The van der Waals surface area contributed by atoms with Crippen LogP contribution in [0.25, 0.3) is 5.69 Å². The minimum atomic E-state index is -0.890. The molecule has 0 unspecified atom stereocenters. The molecule has 1 aromatic heterocycles. The fraction of sp³-hybridized carbons (Fsp3) is 0.273. The second-order valence-electron chi connectivity index (χ2n) is 3.98. The number of benzene rings is 1. The quantitative estimate of drug-likeness (QED) is 0.671. The molecule has 19 heavy (non-hydrogen) atoms. The Morgan fingerprint density at radius 2 is 2.26 bits per heavy atom. The van der Waals surface area contributed by atoms with E-state index in [1.165, 1.54) is 10.7 Å². The van der Waals surface area contributed by atoms with Gasteiger partial charge in [-0.1, -0.05) is 18.6 Å². The number of nitrogens with two attached hydrogens (primary N) is 1. The molecule has 0 atom stereocenters. The normalized spacial score (nSPS) is 10.6. The molecule has 0 aliphatic rings. The second-order valence-corrected chi connectivity index (χ2v) is 3.98. The predicted molar refractivity (Wildman–Crippen MR) is 66.4 cm³/mol. The molecule has 2 rings (SSSR count). The van der Waals surface area contributed by atoms with Crippen molar-refractivity contribution in [3.05, 3.63) is 39.8 Å². The second kappa shape index (κ2) is 5.01. The van der Waals surface area contributed by atoms with Crippen molar-refractivity contribution in [3.8, 4) is 5.69 Å². The lowest BCUT2D eigenvalue weighted by Crippen LogP contribution is -2.05. The molecular formula is C11H12FN5O2. The molecule has 0 saturated heterocycles. The zero-order chi connectivity index (χ0) is 14.0. The van der Waals surface area contributed by atoms with Crippen LogP contribution in [0.3, 0.4) is 0 Å². The number of aromatic nitrogens is 3. The van der Waals surface area contributed by atoms with E-state index in [1.54, 1.807) is 0 Å². The van der Waals surface area contributed by atoms with Gasteiger partial charge in [-0.15, -0.1) is 5.10 Å². The van der Waals surface area contributed by atoms with E-state index in [-0.39, 0.29) is 5.82 Å². The van der Waals surface area contributed by atoms with Crippen LogP contribution in [0.2, 0.25) is 0 Å². The summed E-state index contributed by atoms with van der Waals surface area (Å²) in [6.07, 6.45) is 1.45. The molecular weight excluding hydrogens is 253 g/mol. The van der Waals surface area contributed by atoms with Crippen molar-refractivity contribution in [2.24, 2.45) is 0 Å². The van der Waals surface area contributed by atoms with E-state index in [0.29, 0.717) is 17.8 Å². The van der Waals surface area contributed by atoms with Gasteiger partial charge in [0.05, 0.1) is 16.3 Å². The van der Waals surface area contributed by atoms with Crippen molar-refractivity contribution in [1.29, 1.82) is 0 Å². The molecule has 0 amide bonds. The van der Waals surface area contributed by atoms with Gasteiger partial charge in [0, 0.05) is 6.07 Å². The Morgan fingerprint density at radius 3 is 2.89 bits per heavy atom. The molecule has 0 bridgehead atoms. The van der Waals surface area contributed by atoms with Gasteiger partial charge >= 0.3 is 5.69 Å². The Hall–Kier alpha value is -2.51. The molecule has 100 valence electrons. The number of anilines is 1. The summed E-state index contributed by atoms with van der Waals surface area (Å²) in [5, 5.41) is 18.3. The predicted octanol–water partition coefficient (Wildman–Crippen LogP) is 1.85. The van der Waals surface area contributed by atoms with Crippen molar-refractivity contribution in [3.63, 3.8) is 0 Å². The molecule has 0 radical (unpaired) electrons. The maximum atomic E-state index is 13.3. The molecule has 0 fully saturated rings. The third-order valence-electron chi connectivity index (χ3n) is 2.65. The first-order valence-corrected chi connectivity index (χ1v) is 5.69. The fourth-order valence-corrected chi connectivity index (χ4v) is 1.76. The van der Waals surface area contributed by atoms with E-state index < -0.39 is 16.4 Å². The first-order valence-electron chi connectivity index (χ1n) is 5.69. The molecule has 8 heteroatoms. The number of nitro groups is 1. The van der Waals surface area contributed by atoms with Crippen LogP contribution in [0, 0.1) is 15.9 Å². The Labute approximate surface area is 108 Å². The maximum absolute atomic E-state index is 13.3. The smallest absolute Gasteiger partial charge is 0.306 e. The number of rotatable bonds is 4. The summed E-state index contributed by atoms with van der Waals surface area (Å²) in [5.74, 6) is -0.618. The third-order valence-corrected chi connectivity index (χ3v) is 2.65. The van der Waals surface area contributed by atoms with E-state index in [4.69, 9.17) is 5.73 Å². The third kappa shape index (κ3) is 2.37. The van der Waals surface area contributed by atoms with Gasteiger partial charge in [0.15, 0.2) is 5.82 Å². The van der Waals surface area contributed by atoms with Crippen LogP contribution < -0.4 is 5.73 Å². The molecule has 0 spiro atoms. The highest BCUT2D eigenvalue weighted by Crippen LogP contribution is 2.23. The van der Waals surface area contributed by atoms with E-state index in [0.717, 1.165) is 18.6 Å². The molecule has 2 aromatic rings. The molecule has 1 aromatic carbocycles. The van der Waals surface area contributed by atoms with E-state index in [9.17, 15) is 14.5 Å². The first kappa shape index (κ1) is 12.9. The van der Waals surface area contributed by atoms with Crippen molar-refractivity contribution in [2.45, 2.75) is 19.8 Å². The highest BCUT2D eigenvalue weighted by atomic mass is 19.1. The summed E-state index contributed by atoms with van der Waals surface area (Å²) in [6, 6.07) is 3.54. The van der Waals surface area contributed by atoms with Crippen molar-refractivity contribution < 1.29 is 9.31 Å². The highest BCUT2D eigenvalue weighted by Gasteiger charge is 2.18. The Morgan fingerprint density at radius 1 is 1.53 bits per heavy atom. The summed E-state index contributed by atoms with van der Waals surface area (Å²) in [4.78, 5) is 9.94. The number of hydrogen-bond donors (Lipinski definition) is 1. The highest BCUT2D eigenvalue weighted by molar-refractivity contribution is 5.47. The first-order chi connectivity index (χ1) is 9.04. The van der Waals surface area contributed by atoms with Crippen LogP contribution in [0.5, 0.6) is 0 Å². The summed E-state index contributed by atoms with van der Waals surface area (Å²) >= 11 is 0. The van der Waals surface area contributed by atoms with Gasteiger partial charge in [-0.25, -0.2) is 4.68 Å². The molecule has 0 aliphatic carbocycles. The maximum Gasteiger partial charge on any atom is 0.306 e. The zero-order valence-electron chi connectivity index (χ0n) is 10.2. The van der Waals surface area contributed by atoms with Gasteiger partial charge in [-0.3, -0.25) is 10.1 Å². The average Bonchev–Trinajstić information content (AvgIpc) is 2.72. The average molecular weight is 265 g/mol. The van der Waals surface area contributed by atoms with Gasteiger partial charge in [0.1, 0.15) is 0 Å². The lowest BCUT2D eigenvalue weighted by atomic mass is 10.2. The summed E-state index contributed by atoms with van der Waals surface area (Å²) < 4.78 is 14.7. The molecule has 2 N–H and O–H groups in total. The van der Waals surface area contributed by atoms with Gasteiger partial charge in [-0.2, -0.15) is 4.39 Å². The SMILES string of the molecule is CCCc1c(N)nnn1-c1ccc(F)c([N+](=O)[O-])c1. The number of nitrogen functional groups attached to an aromatic ring is 1. The summed E-state index contributed by atoms with van der Waals surface area (Å²) in [6.45, 7) is 1.96. The lowest BCUT2D eigenvalue weighted by Gasteiger charge is -2.05. The van der Waals surface area contributed by atoms with Crippen molar-refractivity contribution in [1.82, 2.24) is 15.0 Å². The van der Waals surface area contributed by atoms with E-state index in [2.05, 4.69) is 10.3 Å². The van der Waals surface area contributed by atoms with Crippen LogP contribution in [-0.2, 0) is 6.42 Å². The van der Waals surface area contributed by atoms with Crippen LogP contribution in [0.15, 0.2) is 18.2 Å². The number of nitrogens with zero attached hydrogens (tertiary/aromatic N) is 4. The largest absolute Gasteiger partial charge is 0.381 e. The number of hydrogen-bond acceptors (Lipinski definition) is 5. The monoisotopic (exact) mass is 265 g/mol. The van der Waals surface area contributed by atoms with Crippen LogP contribution >= 0.6 is 0 Å². The van der Waals surface area contributed by atoms with Gasteiger partial charge in [0.2, 0.25) is 5.82 Å². The fourth-order valence-electron chi connectivity index (χ4n) is 1.76. The van der Waals surface area contributed by atoms with Crippen LogP contribution in [0.4, 0.5) is 15.9 Å². The van der Waals surface area contributed by atoms with Gasteiger partial charge in [0.25, 0.3) is 0 Å². The molecule has 0 saturated carbocycles. The Bertz CT molecular complexity index is 626. The Kier molecular flexibility index (Phi) is 3.41. The van der Waals surface area contributed by atoms with E-state index >= 15 is 0 Å². The lowest BCUT2D eigenvalue weighted by molar-refractivity contribution is -0.387. The number of nitro benzene ring substituents is 1. The summed E-state index contributed by atoms with van der Waals surface area (Å²) in [5.41, 5.74) is 6.11. The summed E-state index contributed by atoms with van der Waals surface area (Å²) in [7, 11) is 0. The zero-order valence-corrected chi connectivity index (χ0v) is 10.2. The van der Waals surface area contributed by atoms with Crippen LogP contribution in [0.1, 0.15) is 19.0 Å². The minimum absolute atomic E-state index is 0.272. The standard InChI is InChI=1S/C11H12FN5O2/c1-2-3-9-11(13)14-15-16(9)7-4-5-8(12)10(6-7)17(18)19/h4-6H,2-3,13H2,1H3. The molecule has 1 heterocycles. The van der Waals surface area contributed by atoms with E-state index in [1.807, 2.05) is 6.92 Å².